The summed E-state index contributed by atoms with van der Waals surface area (Å²) in [6.07, 6.45) is 5.60. The van der Waals surface area contributed by atoms with Crippen molar-refractivity contribution in [2.24, 2.45) is 51.8 Å². The fourth-order valence-electron chi connectivity index (χ4n) is 8.02. The minimum absolute atomic E-state index is 0.0443. The average Bonchev–Trinajstić information content (AvgIpc) is 4.20. The maximum atomic E-state index is 12.8. The number of nitrogen functional groups attached to an aromatic ring is 3. The molecule has 0 atom stereocenters. The van der Waals surface area contributed by atoms with Gasteiger partial charge in [0, 0.05) is 21.1 Å². The van der Waals surface area contributed by atoms with Gasteiger partial charge in [-0.2, -0.15) is 59.6 Å². The van der Waals surface area contributed by atoms with Crippen molar-refractivity contribution in [3.05, 3.63) is 50.9 Å². The molecule has 0 radical (unpaired) electrons. The lowest BCUT2D eigenvalue weighted by atomic mass is 10.1. The number of unbranched alkanes of at least 4 members (excludes halogenated alkanes) is 3. The summed E-state index contributed by atoms with van der Waals surface area (Å²) in [4.78, 5) is 52.9. The normalized spacial score (nSPS) is 11.9. The Labute approximate surface area is 429 Å². The fourth-order valence-corrected chi connectivity index (χ4v) is 8.02. The lowest BCUT2D eigenvalue weighted by Gasteiger charge is -2.10. The SMILES string of the molecule is CCCCc1nn(-c2nc(-n3nc(CCCC)c(N=Nc4c(C(=O)OC)c(C)nn4C)c3N)nc(-n3nc(CCCC)c(N=Nc4c(C(=O)OC)c(C)nn4C)c3N)n2)c(N)c1N=Nc1c(C(=O)CO)c(C)nn1C. The van der Waals surface area contributed by atoms with Crippen LogP contribution in [0.3, 0.4) is 0 Å². The van der Waals surface area contributed by atoms with Gasteiger partial charge in [0.25, 0.3) is 17.8 Å². The number of methoxy groups -OCH3 is 2. The molecule has 0 fully saturated rings. The second kappa shape index (κ2) is 22.9. The Kier molecular flexibility index (Phi) is 16.4. The van der Waals surface area contributed by atoms with Gasteiger partial charge in [0.05, 0.1) is 53.9 Å². The largest absolute Gasteiger partial charge is 0.465 e. The van der Waals surface area contributed by atoms with Gasteiger partial charge in [-0.1, -0.05) is 40.0 Å². The highest BCUT2D eigenvalue weighted by Crippen LogP contribution is 2.37. The molecule has 0 unspecified atom stereocenters. The van der Waals surface area contributed by atoms with Gasteiger partial charge in [-0.15, -0.1) is 30.7 Å². The van der Waals surface area contributed by atoms with E-state index in [1.165, 1.54) is 42.3 Å². The molecule has 396 valence electrons. The first-order valence-electron chi connectivity index (χ1n) is 24.0. The van der Waals surface area contributed by atoms with Crippen LogP contribution in [-0.2, 0) is 49.9 Å². The fraction of sp³-hybridized carbons (Fsp3) is 0.467. The number of hydrogen-bond donors (Lipinski definition) is 4. The summed E-state index contributed by atoms with van der Waals surface area (Å²) < 4.78 is 18.0. The minimum atomic E-state index is -0.766. The zero-order chi connectivity index (χ0) is 54.4. The number of aliphatic hydroxyl groups excluding tert-OH is 1. The van der Waals surface area contributed by atoms with Crippen molar-refractivity contribution >= 4 is 69.7 Å². The van der Waals surface area contributed by atoms with Gasteiger partial charge in [0.2, 0.25) is 0 Å². The van der Waals surface area contributed by atoms with E-state index >= 15 is 0 Å². The number of esters is 2. The lowest BCUT2D eigenvalue weighted by Crippen LogP contribution is -2.17. The van der Waals surface area contributed by atoms with Crippen LogP contribution in [0.2, 0.25) is 0 Å². The maximum Gasteiger partial charge on any atom is 0.343 e. The van der Waals surface area contributed by atoms with Crippen molar-refractivity contribution in [2.75, 3.05) is 38.0 Å². The average molecular weight is 1030 g/mol. The predicted molar refractivity (Wildman–Crippen MR) is 271 cm³/mol. The number of aryl methyl sites for hydroxylation is 9. The van der Waals surface area contributed by atoms with Crippen molar-refractivity contribution in [1.29, 1.82) is 0 Å². The molecule has 0 spiro atoms. The number of aliphatic hydroxyl groups is 1. The second-order valence-corrected chi connectivity index (χ2v) is 17.2. The van der Waals surface area contributed by atoms with Gasteiger partial charge >= 0.3 is 11.9 Å². The first-order chi connectivity index (χ1) is 35.9. The second-order valence-electron chi connectivity index (χ2n) is 17.2. The molecule has 7 heterocycles. The highest BCUT2D eigenvalue weighted by atomic mass is 16.5. The number of anilines is 3. The zero-order valence-electron chi connectivity index (χ0n) is 43.7. The van der Waals surface area contributed by atoms with Gasteiger partial charge in [-0.25, -0.2) is 23.6 Å². The molecule has 0 saturated carbocycles. The van der Waals surface area contributed by atoms with E-state index in [2.05, 4.69) is 46.0 Å². The summed E-state index contributed by atoms with van der Waals surface area (Å²) in [5, 5.41) is 64.2. The topological polar surface area (TPSA) is 388 Å². The molecule has 0 aliphatic heterocycles. The number of Topliss-reactive ketones (excluding diaryl/α,β-unsaturated/α-hetero) is 1. The smallest absolute Gasteiger partial charge is 0.343 e. The van der Waals surface area contributed by atoms with Crippen LogP contribution in [0.5, 0.6) is 0 Å². The standard InChI is InChI=1S/C45H60N24O6/c1-12-15-18-25-32(52-55-38-29(28(71)21-70)22(4)58-64(38)7)35(46)67(61-25)43-49-44(68-36(47)33(26(62-68)19-16-13-2)53-56-39-30(41(72)74-10)23(5)59-65(39)8)51-45(50-43)69-37(48)34(27(63-69)20-17-14-3)54-57-40-31(42(73)75-11)24(6)60-66(40)9/h70H,12-21,46-48H2,1-11H3. The molecular weight excluding hydrogens is 973 g/mol. The summed E-state index contributed by atoms with van der Waals surface area (Å²) in [6, 6.07) is 0. The number of carbonyl (C=O) groups is 3. The Balaban J connectivity index is 1.47. The van der Waals surface area contributed by atoms with Crippen LogP contribution < -0.4 is 17.2 Å². The molecular formula is C45H60N24O6. The summed E-state index contributed by atoms with van der Waals surface area (Å²) in [7, 11) is 7.34. The summed E-state index contributed by atoms with van der Waals surface area (Å²) >= 11 is 0. The summed E-state index contributed by atoms with van der Waals surface area (Å²) in [6.45, 7) is 10.2. The molecule has 0 aliphatic carbocycles. The van der Waals surface area contributed by atoms with E-state index in [0.29, 0.717) is 72.7 Å². The van der Waals surface area contributed by atoms with Crippen molar-refractivity contribution in [2.45, 2.75) is 99.3 Å². The van der Waals surface area contributed by atoms with Crippen LogP contribution >= 0.6 is 0 Å². The Morgan fingerprint density at radius 3 is 1.07 bits per heavy atom. The number of azo groups is 3. The van der Waals surface area contributed by atoms with E-state index in [1.54, 1.807) is 41.9 Å². The molecule has 0 aliphatic rings. The third kappa shape index (κ3) is 10.6. The van der Waals surface area contributed by atoms with Crippen LogP contribution in [-0.4, -0.2) is 117 Å². The van der Waals surface area contributed by atoms with Crippen LogP contribution in [0.1, 0.15) is 125 Å². The van der Waals surface area contributed by atoms with Crippen molar-refractivity contribution < 1.29 is 29.0 Å². The van der Waals surface area contributed by atoms with Crippen LogP contribution in [0, 0.1) is 20.8 Å². The van der Waals surface area contributed by atoms with Crippen molar-refractivity contribution in [1.82, 2.24) is 73.6 Å². The van der Waals surface area contributed by atoms with Crippen molar-refractivity contribution in [3.8, 4) is 17.8 Å². The van der Waals surface area contributed by atoms with Gasteiger partial charge in [0.15, 0.2) is 57.8 Å². The molecule has 30 nitrogen and oxygen atoms in total. The molecule has 7 aromatic rings. The van der Waals surface area contributed by atoms with Gasteiger partial charge in [0.1, 0.15) is 17.7 Å². The number of hydrogen-bond acceptors (Lipinski definition) is 24. The first-order valence-corrected chi connectivity index (χ1v) is 24.0. The Hall–Kier alpha value is -8.96. The number of ether oxygens (including phenoxy) is 2. The molecule has 7 aromatic heterocycles. The lowest BCUT2D eigenvalue weighted by molar-refractivity contribution is 0.0591. The Morgan fingerprint density at radius 2 is 0.787 bits per heavy atom. The molecule has 0 amide bonds. The van der Waals surface area contributed by atoms with Crippen molar-refractivity contribution in [3.63, 3.8) is 0 Å². The monoisotopic (exact) mass is 1030 g/mol. The number of rotatable bonds is 22. The van der Waals surface area contributed by atoms with E-state index in [0.717, 1.165) is 19.3 Å². The highest BCUT2D eigenvalue weighted by molar-refractivity contribution is 6.02. The number of ketones is 1. The molecule has 0 saturated heterocycles. The van der Waals surface area contributed by atoms with E-state index in [4.69, 9.17) is 56.9 Å². The minimum Gasteiger partial charge on any atom is -0.465 e. The molecule has 0 aromatic carbocycles. The molecule has 75 heavy (non-hydrogen) atoms. The van der Waals surface area contributed by atoms with Crippen LogP contribution in [0.4, 0.5) is 52.0 Å². The Bertz CT molecular complexity index is 3020. The number of nitrogens with two attached hydrogens (primary N) is 3. The van der Waals surface area contributed by atoms with E-state index in [-0.39, 0.29) is 86.5 Å². The molecule has 7 rings (SSSR count). The van der Waals surface area contributed by atoms with E-state index < -0.39 is 24.3 Å². The Morgan fingerprint density at radius 1 is 0.493 bits per heavy atom. The van der Waals surface area contributed by atoms with E-state index in [9.17, 15) is 19.5 Å². The third-order valence-electron chi connectivity index (χ3n) is 11.9. The molecule has 0 bridgehead atoms. The molecule has 30 heteroatoms. The van der Waals surface area contributed by atoms with Gasteiger partial charge in [-0.3, -0.25) is 4.79 Å². The third-order valence-corrected chi connectivity index (χ3v) is 11.9. The maximum absolute atomic E-state index is 12.8. The summed E-state index contributed by atoms with van der Waals surface area (Å²) in [5.74, 6) is -2.20. The van der Waals surface area contributed by atoms with Gasteiger partial charge in [-0.05, 0) is 59.3 Å². The zero-order valence-corrected chi connectivity index (χ0v) is 43.7. The van der Waals surface area contributed by atoms with Crippen LogP contribution in [0.15, 0.2) is 30.7 Å². The number of aromatic nitrogens is 15. The number of carbonyl (C=O) groups excluding carboxylic acids is 3. The molecule has 7 N–H and O–H groups in total. The summed E-state index contributed by atoms with van der Waals surface area (Å²) in [5.41, 5.74) is 24.0. The quantitative estimate of drug-likeness (QED) is 0.0327. The van der Waals surface area contributed by atoms with E-state index in [1.807, 2.05) is 20.8 Å². The predicted octanol–water partition coefficient (Wildman–Crippen LogP) is 6.32. The first kappa shape index (κ1) is 53.8. The van der Waals surface area contributed by atoms with Gasteiger partial charge < -0.3 is 31.8 Å². The van der Waals surface area contributed by atoms with Crippen LogP contribution in [0.25, 0.3) is 17.8 Å². The highest BCUT2D eigenvalue weighted by Gasteiger charge is 2.29. The number of nitrogens with zero attached hydrogens (tertiary/aromatic N) is 21.